The number of aromatic carboxylic acids is 1. The van der Waals surface area contributed by atoms with Gasteiger partial charge in [0.15, 0.2) is 0 Å². The van der Waals surface area contributed by atoms with E-state index in [2.05, 4.69) is 48.5 Å². The minimum Gasteiger partial charge on any atom is -0.478 e. The summed E-state index contributed by atoms with van der Waals surface area (Å²) in [7, 11) is 0. The first-order chi connectivity index (χ1) is 14.2. The zero-order chi connectivity index (χ0) is 19.8. The lowest BCUT2D eigenvalue weighted by Gasteiger charge is -2.13. The average molecular weight is 378 g/mol. The van der Waals surface area contributed by atoms with Gasteiger partial charge in [0.1, 0.15) is 17.1 Å². The van der Waals surface area contributed by atoms with Gasteiger partial charge < -0.3 is 9.84 Å². The maximum atomic E-state index is 11.5. The number of hydrogen-bond donors (Lipinski definition) is 1. The summed E-state index contributed by atoms with van der Waals surface area (Å²) < 4.78 is 5.94. The van der Waals surface area contributed by atoms with Crippen molar-refractivity contribution in [2.45, 2.75) is 6.42 Å². The Kier molecular flexibility index (Phi) is 4.14. The molecule has 0 aliphatic heterocycles. The standard InChI is InChI=1S/C26H18O3/c27-26(28)23-12-3-4-14-24(23)29-20-10-5-8-18(16-20)22-13-6-9-19-15-17-7-1-2-11-21(17)25(19)22/h1-14,16H,15H2,(H,27,28). The fourth-order valence-corrected chi connectivity index (χ4v) is 4.02. The van der Waals surface area contributed by atoms with E-state index in [9.17, 15) is 9.90 Å². The quantitative estimate of drug-likeness (QED) is 0.393. The topological polar surface area (TPSA) is 46.5 Å². The summed E-state index contributed by atoms with van der Waals surface area (Å²) in [6, 6.07) is 29.4. The van der Waals surface area contributed by atoms with Gasteiger partial charge in [-0.25, -0.2) is 4.79 Å². The number of ether oxygens (including phenoxy) is 1. The number of hydrogen-bond acceptors (Lipinski definition) is 2. The highest BCUT2D eigenvalue weighted by Gasteiger charge is 2.21. The van der Waals surface area contributed by atoms with Crippen molar-refractivity contribution in [2.24, 2.45) is 0 Å². The molecule has 0 radical (unpaired) electrons. The minimum absolute atomic E-state index is 0.146. The highest BCUT2D eigenvalue weighted by molar-refractivity contribution is 5.91. The molecule has 4 aromatic carbocycles. The Balaban J connectivity index is 1.57. The molecule has 0 heterocycles. The molecule has 0 atom stereocenters. The first-order valence-corrected chi connectivity index (χ1v) is 9.51. The van der Waals surface area contributed by atoms with E-state index < -0.39 is 5.97 Å². The Morgan fingerprint density at radius 1 is 0.759 bits per heavy atom. The van der Waals surface area contributed by atoms with Gasteiger partial charge in [0, 0.05) is 0 Å². The van der Waals surface area contributed by atoms with Crippen LogP contribution in [0.25, 0.3) is 22.3 Å². The first-order valence-electron chi connectivity index (χ1n) is 9.51. The van der Waals surface area contributed by atoms with E-state index in [1.165, 1.54) is 22.3 Å². The van der Waals surface area contributed by atoms with Crippen LogP contribution in [0.15, 0.2) is 91.0 Å². The third-order valence-corrected chi connectivity index (χ3v) is 5.31. The van der Waals surface area contributed by atoms with E-state index in [1.54, 1.807) is 24.3 Å². The van der Waals surface area contributed by atoms with Crippen molar-refractivity contribution in [1.29, 1.82) is 0 Å². The van der Waals surface area contributed by atoms with Crippen molar-refractivity contribution in [1.82, 2.24) is 0 Å². The van der Waals surface area contributed by atoms with Crippen LogP contribution in [0, 0.1) is 0 Å². The molecule has 140 valence electrons. The second kappa shape index (κ2) is 6.95. The number of fused-ring (bicyclic) bond motifs is 3. The van der Waals surface area contributed by atoms with E-state index in [-0.39, 0.29) is 5.56 Å². The summed E-state index contributed by atoms with van der Waals surface area (Å²) in [5.41, 5.74) is 7.57. The molecule has 0 saturated heterocycles. The highest BCUT2D eigenvalue weighted by atomic mass is 16.5. The minimum atomic E-state index is -1.01. The summed E-state index contributed by atoms with van der Waals surface area (Å²) in [6.07, 6.45) is 0.946. The number of benzene rings is 4. The van der Waals surface area contributed by atoms with Gasteiger partial charge in [-0.05, 0) is 64.1 Å². The van der Waals surface area contributed by atoms with Crippen molar-refractivity contribution < 1.29 is 14.6 Å². The second-order valence-corrected chi connectivity index (χ2v) is 7.10. The molecule has 1 aliphatic carbocycles. The lowest BCUT2D eigenvalue weighted by molar-refractivity contribution is 0.0694. The summed E-state index contributed by atoms with van der Waals surface area (Å²) in [5, 5.41) is 9.40. The molecular weight excluding hydrogens is 360 g/mol. The van der Waals surface area contributed by atoms with Gasteiger partial charge in [-0.3, -0.25) is 0 Å². The number of carbonyl (C=O) groups is 1. The van der Waals surface area contributed by atoms with Crippen molar-refractivity contribution in [3.05, 3.63) is 108 Å². The van der Waals surface area contributed by atoms with Gasteiger partial charge in [0.05, 0.1) is 0 Å². The Morgan fingerprint density at radius 3 is 2.38 bits per heavy atom. The molecule has 3 heteroatoms. The molecule has 3 nitrogen and oxygen atoms in total. The summed E-state index contributed by atoms with van der Waals surface area (Å²) in [6.45, 7) is 0. The van der Waals surface area contributed by atoms with E-state index in [0.29, 0.717) is 11.5 Å². The first kappa shape index (κ1) is 17.3. The number of carboxylic acid groups (broad SMARTS) is 1. The fourth-order valence-electron chi connectivity index (χ4n) is 4.02. The summed E-state index contributed by atoms with van der Waals surface area (Å²) >= 11 is 0. The Bertz CT molecular complexity index is 1240. The monoisotopic (exact) mass is 378 g/mol. The molecule has 4 aromatic rings. The third kappa shape index (κ3) is 3.07. The fraction of sp³-hybridized carbons (Fsp3) is 0.0385. The zero-order valence-electron chi connectivity index (χ0n) is 15.6. The average Bonchev–Trinajstić information content (AvgIpc) is 3.13. The van der Waals surface area contributed by atoms with Crippen molar-refractivity contribution in [2.75, 3.05) is 0 Å². The molecule has 0 fully saturated rings. The number of carboxylic acids is 1. The number of para-hydroxylation sites is 1. The van der Waals surface area contributed by atoms with Gasteiger partial charge in [-0.15, -0.1) is 0 Å². The Hall–Kier alpha value is -3.85. The van der Waals surface area contributed by atoms with Crippen LogP contribution in [0.2, 0.25) is 0 Å². The summed E-state index contributed by atoms with van der Waals surface area (Å²) in [5.74, 6) is -0.0601. The molecule has 0 unspecified atom stereocenters. The van der Waals surface area contributed by atoms with Crippen LogP contribution in [-0.4, -0.2) is 11.1 Å². The predicted molar refractivity (Wildman–Crippen MR) is 114 cm³/mol. The molecule has 29 heavy (non-hydrogen) atoms. The molecule has 1 N–H and O–H groups in total. The van der Waals surface area contributed by atoms with E-state index >= 15 is 0 Å². The van der Waals surface area contributed by atoms with E-state index in [0.717, 1.165) is 17.5 Å². The third-order valence-electron chi connectivity index (χ3n) is 5.31. The molecule has 0 bridgehead atoms. The van der Waals surface area contributed by atoms with Gasteiger partial charge >= 0.3 is 5.97 Å². The maximum absolute atomic E-state index is 11.5. The molecular formula is C26H18O3. The molecule has 0 amide bonds. The SMILES string of the molecule is O=C(O)c1ccccc1Oc1cccc(-c2cccc3c2-c2ccccc2C3)c1. The van der Waals surface area contributed by atoms with Crippen LogP contribution in [0.1, 0.15) is 21.5 Å². The van der Waals surface area contributed by atoms with Crippen LogP contribution >= 0.6 is 0 Å². The van der Waals surface area contributed by atoms with E-state index in [4.69, 9.17) is 4.74 Å². The number of rotatable bonds is 4. The molecule has 1 aliphatic rings. The van der Waals surface area contributed by atoms with Crippen LogP contribution in [-0.2, 0) is 6.42 Å². The largest absolute Gasteiger partial charge is 0.478 e. The van der Waals surface area contributed by atoms with Crippen LogP contribution in [0.5, 0.6) is 11.5 Å². The normalized spacial score (nSPS) is 11.6. The lowest BCUT2D eigenvalue weighted by Crippen LogP contribution is -1.99. The van der Waals surface area contributed by atoms with E-state index in [1.807, 2.05) is 18.2 Å². The van der Waals surface area contributed by atoms with Crippen molar-refractivity contribution in [3.63, 3.8) is 0 Å². The predicted octanol–water partition coefficient (Wildman–Crippen LogP) is 6.42. The van der Waals surface area contributed by atoms with Crippen LogP contribution in [0.3, 0.4) is 0 Å². The smallest absolute Gasteiger partial charge is 0.339 e. The Labute approximate surface area is 168 Å². The molecule has 0 saturated carbocycles. The van der Waals surface area contributed by atoms with Gasteiger partial charge in [-0.1, -0.05) is 66.7 Å². The van der Waals surface area contributed by atoms with Crippen molar-refractivity contribution in [3.8, 4) is 33.8 Å². The second-order valence-electron chi connectivity index (χ2n) is 7.10. The van der Waals surface area contributed by atoms with Crippen LogP contribution < -0.4 is 4.74 Å². The Morgan fingerprint density at radius 2 is 1.48 bits per heavy atom. The maximum Gasteiger partial charge on any atom is 0.339 e. The lowest BCUT2D eigenvalue weighted by atomic mass is 9.94. The highest BCUT2D eigenvalue weighted by Crippen LogP contribution is 2.43. The zero-order valence-corrected chi connectivity index (χ0v) is 15.6. The molecule has 0 aromatic heterocycles. The molecule has 0 spiro atoms. The van der Waals surface area contributed by atoms with Gasteiger partial charge in [0.2, 0.25) is 0 Å². The van der Waals surface area contributed by atoms with Gasteiger partial charge in [-0.2, -0.15) is 0 Å². The van der Waals surface area contributed by atoms with Crippen molar-refractivity contribution >= 4 is 5.97 Å². The van der Waals surface area contributed by atoms with Crippen LogP contribution in [0.4, 0.5) is 0 Å². The summed E-state index contributed by atoms with van der Waals surface area (Å²) in [4.78, 5) is 11.5. The molecule has 5 rings (SSSR count). The van der Waals surface area contributed by atoms with Gasteiger partial charge in [0.25, 0.3) is 0 Å².